The normalized spacial score (nSPS) is 34.3. The van der Waals surface area contributed by atoms with Gasteiger partial charge in [0.1, 0.15) is 0 Å². The van der Waals surface area contributed by atoms with E-state index in [1.165, 1.54) is 57.5 Å². The van der Waals surface area contributed by atoms with Gasteiger partial charge in [-0.3, -0.25) is 0 Å². The van der Waals surface area contributed by atoms with Gasteiger partial charge in [0.05, 0.1) is 0 Å². The van der Waals surface area contributed by atoms with Crippen LogP contribution in [0.2, 0.25) is 0 Å². The third-order valence-electron chi connectivity index (χ3n) is 3.21. The molecule has 0 aromatic carbocycles. The first kappa shape index (κ1) is 10.8. The van der Waals surface area contributed by atoms with Gasteiger partial charge < -0.3 is 10.6 Å². The maximum atomic E-state index is 3.71. The molecular formula is C11H22N2S. The molecule has 2 rings (SSSR count). The molecule has 0 spiro atoms. The monoisotopic (exact) mass is 214 g/mol. The molecule has 0 bridgehead atoms. The molecule has 82 valence electrons. The van der Waals surface area contributed by atoms with E-state index < -0.39 is 0 Å². The Balaban J connectivity index is 1.60. The molecule has 0 amide bonds. The minimum atomic E-state index is 0.742. The largest absolute Gasteiger partial charge is 0.315 e. The van der Waals surface area contributed by atoms with E-state index in [0.717, 1.165) is 11.3 Å². The highest BCUT2D eigenvalue weighted by Crippen LogP contribution is 2.24. The zero-order valence-electron chi connectivity index (χ0n) is 8.93. The molecule has 0 radical (unpaired) electrons. The fraction of sp³-hybridized carbons (Fsp3) is 1.00. The van der Waals surface area contributed by atoms with Gasteiger partial charge in [-0.25, -0.2) is 0 Å². The van der Waals surface area contributed by atoms with Crippen molar-refractivity contribution >= 4 is 11.8 Å². The van der Waals surface area contributed by atoms with E-state index in [4.69, 9.17) is 0 Å². The molecule has 2 saturated heterocycles. The van der Waals surface area contributed by atoms with Crippen LogP contribution in [-0.4, -0.2) is 36.7 Å². The summed E-state index contributed by atoms with van der Waals surface area (Å²) in [4.78, 5) is 0. The lowest BCUT2D eigenvalue weighted by atomic mass is 10.1. The Morgan fingerprint density at radius 3 is 2.93 bits per heavy atom. The van der Waals surface area contributed by atoms with E-state index in [-0.39, 0.29) is 0 Å². The Kier molecular flexibility index (Phi) is 4.61. The van der Waals surface area contributed by atoms with Crippen molar-refractivity contribution in [1.29, 1.82) is 0 Å². The Morgan fingerprint density at radius 2 is 2.21 bits per heavy atom. The van der Waals surface area contributed by atoms with Gasteiger partial charge in [-0.2, -0.15) is 11.8 Å². The second kappa shape index (κ2) is 5.99. The van der Waals surface area contributed by atoms with Crippen molar-refractivity contribution in [2.45, 2.75) is 43.4 Å². The molecule has 2 atom stereocenters. The molecule has 0 aromatic rings. The van der Waals surface area contributed by atoms with Crippen molar-refractivity contribution in [3.8, 4) is 0 Å². The predicted molar refractivity (Wildman–Crippen MR) is 64.0 cm³/mol. The molecule has 0 aromatic heterocycles. The average molecular weight is 214 g/mol. The molecule has 0 aliphatic carbocycles. The van der Waals surface area contributed by atoms with Crippen molar-refractivity contribution in [2.24, 2.45) is 0 Å². The number of piperidine rings is 1. The number of hydrogen-bond acceptors (Lipinski definition) is 3. The van der Waals surface area contributed by atoms with Crippen molar-refractivity contribution < 1.29 is 0 Å². The second-order valence-electron chi connectivity index (χ2n) is 4.44. The minimum Gasteiger partial charge on any atom is -0.315 e. The molecule has 0 saturated carbocycles. The second-order valence-corrected chi connectivity index (χ2v) is 5.85. The zero-order chi connectivity index (χ0) is 9.64. The Labute approximate surface area is 91.6 Å². The van der Waals surface area contributed by atoms with Gasteiger partial charge in [-0.1, -0.05) is 6.42 Å². The van der Waals surface area contributed by atoms with Gasteiger partial charge in [0, 0.05) is 24.4 Å². The maximum Gasteiger partial charge on any atom is 0.0193 e. The number of thioether (sulfide) groups is 1. The molecule has 2 heterocycles. The van der Waals surface area contributed by atoms with Crippen LogP contribution in [0.5, 0.6) is 0 Å². The van der Waals surface area contributed by atoms with E-state index in [0.29, 0.717) is 0 Å². The Morgan fingerprint density at radius 1 is 1.21 bits per heavy atom. The summed E-state index contributed by atoms with van der Waals surface area (Å²) in [6.45, 7) is 3.63. The number of rotatable bonds is 3. The summed E-state index contributed by atoms with van der Waals surface area (Å²) in [5.41, 5.74) is 0. The van der Waals surface area contributed by atoms with Crippen LogP contribution in [0.4, 0.5) is 0 Å². The fourth-order valence-electron chi connectivity index (χ4n) is 2.29. The number of hydrogen-bond donors (Lipinski definition) is 2. The summed E-state index contributed by atoms with van der Waals surface area (Å²) >= 11 is 2.17. The van der Waals surface area contributed by atoms with Crippen molar-refractivity contribution in [1.82, 2.24) is 10.6 Å². The smallest absolute Gasteiger partial charge is 0.0193 e. The van der Waals surface area contributed by atoms with Gasteiger partial charge >= 0.3 is 0 Å². The SMILES string of the molecule is C1CCC(CNC2CCCNC2)SC1. The Bertz CT molecular complexity index is 133. The first-order valence-electron chi connectivity index (χ1n) is 6.01. The van der Waals surface area contributed by atoms with Gasteiger partial charge in [-0.05, 0) is 38.0 Å². The standard InChI is InChI=1S/C11H22N2S/c1-2-7-14-11(5-1)9-13-10-4-3-6-12-8-10/h10-13H,1-9H2. The van der Waals surface area contributed by atoms with E-state index in [9.17, 15) is 0 Å². The lowest BCUT2D eigenvalue weighted by Gasteiger charge is -2.27. The van der Waals surface area contributed by atoms with Crippen LogP contribution in [0.3, 0.4) is 0 Å². The molecule has 2 unspecified atom stereocenters. The lowest BCUT2D eigenvalue weighted by Crippen LogP contribution is -2.45. The van der Waals surface area contributed by atoms with Crippen LogP contribution in [0.25, 0.3) is 0 Å². The van der Waals surface area contributed by atoms with E-state index in [1.54, 1.807) is 0 Å². The highest BCUT2D eigenvalue weighted by Gasteiger charge is 2.17. The molecule has 3 heteroatoms. The summed E-state index contributed by atoms with van der Waals surface area (Å²) < 4.78 is 0. The highest BCUT2D eigenvalue weighted by atomic mass is 32.2. The van der Waals surface area contributed by atoms with Crippen molar-refractivity contribution in [2.75, 3.05) is 25.4 Å². The van der Waals surface area contributed by atoms with Crippen LogP contribution in [0.1, 0.15) is 32.1 Å². The average Bonchev–Trinajstić information content (AvgIpc) is 2.29. The predicted octanol–water partition coefficient (Wildman–Crippen LogP) is 1.61. The van der Waals surface area contributed by atoms with Crippen LogP contribution in [-0.2, 0) is 0 Å². The van der Waals surface area contributed by atoms with Crippen LogP contribution in [0.15, 0.2) is 0 Å². The van der Waals surface area contributed by atoms with Gasteiger partial charge in [0.2, 0.25) is 0 Å². The molecule has 2 aliphatic heterocycles. The summed E-state index contributed by atoms with van der Waals surface area (Å²) in [6.07, 6.45) is 7.02. The van der Waals surface area contributed by atoms with E-state index in [1.807, 2.05) is 0 Å². The first-order chi connectivity index (χ1) is 6.95. The molecular weight excluding hydrogens is 192 g/mol. The van der Waals surface area contributed by atoms with Crippen LogP contribution < -0.4 is 10.6 Å². The van der Waals surface area contributed by atoms with Gasteiger partial charge in [0.15, 0.2) is 0 Å². The first-order valence-corrected chi connectivity index (χ1v) is 7.06. The van der Waals surface area contributed by atoms with Gasteiger partial charge in [-0.15, -0.1) is 0 Å². The number of nitrogens with one attached hydrogen (secondary N) is 2. The summed E-state index contributed by atoms with van der Waals surface area (Å²) in [5, 5.41) is 8.06. The topological polar surface area (TPSA) is 24.1 Å². The minimum absolute atomic E-state index is 0.742. The van der Waals surface area contributed by atoms with E-state index >= 15 is 0 Å². The fourth-order valence-corrected chi connectivity index (χ4v) is 3.54. The molecule has 14 heavy (non-hydrogen) atoms. The highest BCUT2D eigenvalue weighted by molar-refractivity contribution is 7.99. The van der Waals surface area contributed by atoms with Crippen LogP contribution >= 0.6 is 11.8 Å². The van der Waals surface area contributed by atoms with Crippen LogP contribution in [0, 0.1) is 0 Å². The third kappa shape index (κ3) is 3.44. The molecule has 2 aliphatic rings. The van der Waals surface area contributed by atoms with Crippen molar-refractivity contribution in [3.05, 3.63) is 0 Å². The maximum absolute atomic E-state index is 3.71. The molecule has 2 nitrogen and oxygen atoms in total. The Hall–Kier alpha value is 0.270. The lowest BCUT2D eigenvalue weighted by molar-refractivity contribution is 0.387. The summed E-state index contributed by atoms with van der Waals surface area (Å²) in [6, 6.07) is 0.742. The molecule has 2 N–H and O–H groups in total. The zero-order valence-corrected chi connectivity index (χ0v) is 9.74. The summed E-state index contributed by atoms with van der Waals surface area (Å²) in [7, 11) is 0. The van der Waals surface area contributed by atoms with Crippen molar-refractivity contribution in [3.63, 3.8) is 0 Å². The quantitative estimate of drug-likeness (QED) is 0.746. The third-order valence-corrected chi connectivity index (χ3v) is 4.60. The van der Waals surface area contributed by atoms with E-state index in [2.05, 4.69) is 22.4 Å². The molecule has 2 fully saturated rings. The summed E-state index contributed by atoms with van der Waals surface area (Å²) in [5.74, 6) is 1.38. The van der Waals surface area contributed by atoms with Gasteiger partial charge in [0.25, 0.3) is 0 Å².